The fourth-order valence-corrected chi connectivity index (χ4v) is 3.40. The summed E-state index contributed by atoms with van der Waals surface area (Å²) >= 11 is 0. The van der Waals surface area contributed by atoms with Gasteiger partial charge >= 0.3 is 0 Å². The second-order valence-electron chi connectivity index (χ2n) is 7.32. The van der Waals surface area contributed by atoms with Crippen molar-refractivity contribution in [2.24, 2.45) is 11.3 Å². The predicted octanol–water partition coefficient (Wildman–Crippen LogP) is 3.65. The number of likely N-dealkylation sites (tertiary alicyclic amines) is 1. The first-order valence-corrected chi connectivity index (χ1v) is 9.31. The molecule has 0 saturated carbocycles. The van der Waals surface area contributed by atoms with Gasteiger partial charge in [-0.05, 0) is 31.7 Å². The molecule has 0 bridgehead atoms. The topological polar surface area (TPSA) is 49.4 Å². The molecule has 2 amide bonds. The first-order chi connectivity index (χ1) is 12.3. The highest BCUT2D eigenvalue weighted by Gasteiger charge is 2.38. The Balaban J connectivity index is 1.91. The van der Waals surface area contributed by atoms with Crippen LogP contribution in [0.5, 0.6) is 0 Å². The molecule has 1 aromatic rings. The zero-order chi connectivity index (χ0) is 19.3. The quantitative estimate of drug-likeness (QED) is 0.836. The van der Waals surface area contributed by atoms with E-state index in [1.54, 1.807) is 0 Å². The number of hydrogen-bond acceptors (Lipinski definition) is 2. The van der Waals surface area contributed by atoms with Crippen molar-refractivity contribution < 1.29 is 18.4 Å². The third kappa shape index (κ3) is 4.59. The Kier molecular flexibility index (Phi) is 6.73. The first-order valence-electron chi connectivity index (χ1n) is 9.31. The lowest BCUT2D eigenvalue weighted by Gasteiger charge is -2.39. The van der Waals surface area contributed by atoms with Crippen LogP contribution in [0.2, 0.25) is 0 Å². The number of nitrogens with one attached hydrogen (secondary N) is 1. The number of amides is 2. The summed E-state index contributed by atoms with van der Waals surface area (Å²) in [6, 6.07) is 3.32. The van der Waals surface area contributed by atoms with Crippen LogP contribution < -0.4 is 5.32 Å². The molecule has 1 saturated heterocycles. The van der Waals surface area contributed by atoms with Crippen LogP contribution in [0.25, 0.3) is 0 Å². The summed E-state index contributed by atoms with van der Waals surface area (Å²) in [5, 5.41) is 2.75. The number of carbonyl (C=O) groups excluding carboxylic acids is 2. The highest BCUT2D eigenvalue weighted by molar-refractivity contribution is 5.83. The average Bonchev–Trinajstić information content (AvgIpc) is 2.62. The van der Waals surface area contributed by atoms with Gasteiger partial charge < -0.3 is 10.2 Å². The van der Waals surface area contributed by atoms with Crippen molar-refractivity contribution in [3.63, 3.8) is 0 Å². The van der Waals surface area contributed by atoms with Crippen molar-refractivity contribution in [3.05, 3.63) is 35.4 Å². The molecule has 26 heavy (non-hydrogen) atoms. The molecule has 1 aromatic carbocycles. The number of piperidine rings is 1. The smallest absolute Gasteiger partial charge is 0.226 e. The number of nitrogens with zero attached hydrogens (tertiary/aromatic N) is 1. The fourth-order valence-electron chi connectivity index (χ4n) is 3.40. The maximum Gasteiger partial charge on any atom is 0.226 e. The lowest BCUT2D eigenvalue weighted by molar-refractivity contribution is -0.142. The van der Waals surface area contributed by atoms with Crippen LogP contribution in [-0.4, -0.2) is 29.8 Å². The number of carbonyl (C=O) groups is 2. The van der Waals surface area contributed by atoms with Gasteiger partial charge in [-0.2, -0.15) is 0 Å². The summed E-state index contributed by atoms with van der Waals surface area (Å²) in [5.41, 5.74) is -0.328. The van der Waals surface area contributed by atoms with Gasteiger partial charge in [0.2, 0.25) is 11.8 Å². The Hall–Kier alpha value is -1.98. The van der Waals surface area contributed by atoms with E-state index in [0.717, 1.165) is 18.9 Å². The lowest BCUT2D eigenvalue weighted by Crippen LogP contribution is -2.49. The van der Waals surface area contributed by atoms with Crippen molar-refractivity contribution in [3.8, 4) is 0 Å². The molecule has 1 aliphatic rings. The zero-order valence-corrected chi connectivity index (χ0v) is 15.8. The summed E-state index contributed by atoms with van der Waals surface area (Å²) < 4.78 is 26.6. The van der Waals surface area contributed by atoms with E-state index in [4.69, 9.17) is 0 Å². The Bertz CT molecular complexity index is 651. The SMILES string of the molecule is CCC(CC)C(=O)N1CCC(C)(C(=O)NCc2ccc(F)cc2F)CC1. The molecular weight excluding hydrogens is 338 g/mol. The normalized spacial score (nSPS) is 16.6. The average molecular weight is 366 g/mol. The third-order valence-corrected chi connectivity index (χ3v) is 5.52. The first kappa shape index (κ1) is 20.3. The molecule has 0 unspecified atom stereocenters. The predicted molar refractivity (Wildman–Crippen MR) is 96.2 cm³/mol. The van der Waals surface area contributed by atoms with E-state index in [0.29, 0.717) is 25.9 Å². The Labute approximate surface area is 153 Å². The van der Waals surface area contributed by atoms with Gasteiger partial charge in [0.15, 0.2) is 0 Å². The molecule has 6 heteroatoms. The molecule has 0 spiro atoms. The molecule has 0 atom stereocenters. The Morgan fingerprint density at radius 1 is 1.19 bits per heavy atom. The third-order valence-electron chi connectivity index (χ3n) is 5.52. The maximum absolute atomic E-state index is 13.7. The number of benzene rings is 1. The minimum atomic E-state index is -0.666. The summed E-state index contributed by atoms with van der Waals surface area (Å²) in [7, 11) is 0. The Morgan fingerprint density at radius 2 is 1.81 bits per heavy atom. The van der Waals surface area contributed by atoms with E-state index in [1.807, 2.05) is 25.7 Å². The van der Waals surface area contributed by atoms with Gasteiger partial charge in [0, 0.05) is 42.6 Å². The van der Waals surface area contributed by atoms with Gasteiger partial charge in [-0.25, -0.2) is 8.78 Å². The molecule has 1 N–H and O–H groups in total. The highest BCUT2D eigenvalue weighted by atomic mass is 19.1. The van der Waals surface area contributed by atoms with Crippen LogP contribution in [0, 0.1) is 23.0 Å². The van der Waals surface area contributed by atoms with Crippen LogP contribution in [0.15, 0.2) is 18.2 Å². The van der Waals surface area contributed by atoms with E-state index >= 15 is 0 Å². The van der Waals surface area contributed by atoms with Gasteiger partial charge in [0.25, 0.3) is 0 Å². The summed E-state index contributed by atoms with van der Waals surface area (Å²) in [4.78, 5) is 26.9. The second kappa shape index (κ2) is 8.60. The van der Waals surface area contributed by atoms with Gasteiger partial charge in [0.1, 0.15) is 11.6 Å². The molecular formula is C20H28F2N2O2. The lowest BCUT2D eigenvalue weighted by atomic mass is 9.79. The van der Waals surface area contributed by atoms with Crippen LogP contribution in [0.1, 0.15) is 52.0 Å². The fraction of sp³-hybridized carbons (Fsp3) is 0.600. The molecule has 1 heterocycles. The summed E-state index contributed by atoms with van der Waals surface area (Å²) in [6.45, 7) is 7.05. The molecule has 4 nitrogen and oxygen atoms in total. The number of hydrogen-bond donors (Lipinski definition) is 1. The van der Waals surface area contributed by atoms with Crippen molar-refractivity contribution in [1.29, 1.82) is 0 Å². The van der Waals surface area contributed by atoms with Gasteiger partial charge in [-0.3, -0.25) is 9.59 Å². The molecule has 1 aliphatic heterocycles. The van der Waals surface area contributed by atoms with E-state index < -0.39 is 17.0 Å². The van der Waals surface area contributed by atoms with Gasteiger partial charge in [0.05, 0.1) is 0 Å². The molecule has 0 aromatic heterocycles. The standard InChI is InChI=1S/C20H28F2N2O2/c1-4-14(5-2)18(25)24-10-8-20(3,9-11-24)19(26)23-13-15-6-7-16(21)12-17(15)22/h6-7,12,14H,4-5,8-11,13H2,1-3H3,(H,23,26). The van der Waals surface area contributed by atoms with Crippen LogP contribution >= 0.6 is 0 Å². The van der Waals surface area contributed by atoms with Crippen LogP contribution in [-0.2, 0) is 16.1 Å². The zero-order valence-electron chi connectivity index (χ0n) is 15.8. The van der Waals surface area contributed by atoms with Gasteiger partial charge in [-0.1, -0.05) is 26.8 Å². The molecule has 0 radical (unpaired) electrons. The largest absolute Gasteiger partial charge is 0.351 e. The van der Waals surface area contributed by atoms with Gasteiger partial charge in [-0.15, -0.1) is 0 Å². The van der Waals surface area contributed by atoms with Crippen LogP contribution in [0.3, 0.4) is 0 Å². The van der Waals surface area contributed by atoms with Crippen molar-refractivity contribution in [2.75, 3.05) is 13.1 Å². The van der Waals surface area contributed by atoms with E-state index in [2.05, 4.69) is 5.32 Å². The van der Waals surface area contributed by atoms with Crippen molar-refractivity contribution >= 4 is 11.8 Å². The number of rotatable bonds is 6. The van der Waals surface area contributed by atoms with Crippen molar-refractivity contribution in [1.82, 2.24) is 10.2 Å². The maximum atomic E-state index is 13.7. The molecule has 2 rings (SSSR count). The van der Waals surface area contributed by atoms with E-state index in [9.17, 15) is 18.4 Å². The minimum Gasteiger partial charge on any atom is -0.351 e. The monoisotopic (exact) mass is 366 g/mol. The van der Waals surface area contributed by atoms with E-state index in [1.165, 1.54) is 12.1 Å². The molecule has 144 valence electrons. The Morgan fingerprint density at radius 3 is 2.35 bits per heavy atom. The van der Waals surface area contributed by atoms with Crippen LogP contribution in [0.4, 0.5) is 8.78 Å². The minimum absolute atomic E-state index is 0.0247. The second-order valence-corrected chi connectivity index (χ2v) is 7.32. The number of halogens is 2. The highest BCUT2D eigenvalue weighted by Crippen LogP contribution is 2.32. The summed E-state index contributed by atoms with van der Waals surface area (Å²) in [5.74, 6) is -1.24. The van der Waals surface area contributed by atoms with E-state index in [-0.39, 0.29) is 29.8 Å². The van der Waals surface area contributed by atoms with Crippen molar-refractivity contribution in [2.45, 2.75) is 53.0 Å². The molecule has 0 aliphatic carbocycles. The summed E-state index contributed by atoms with van der Waals surface area (Å²) in [6.07, 6.45) is 2.81. The molecule has 1 fully saturated rings.